The summed E-state index contributed by atoms with van der Waals surface area (Å²) in [6, 6.07) is 3.76. The largest absolute Gasteiger partial charge is 0.365 e. The molecule has 4 rings (SSSR count). The van der Waals surface area contributed by atoms with E-state index in [9.17, 15) is 17.2 Å². The van der Waals surface area contributed by atoms with Gasteiger partial charge in [-0.3, -0.25) is 4.98 Å². The minimum Gasteiger partial charge on any atom is -0.365 e. The van der Waals surface area contributed by atoms with E-state index >= 15 is 0 Å². The Morgan fingerprint density at radius 1 is 1.17 bits per heavy atom. The van der Waals surface area contributed by atoms with Crippen LogP contribution >= 0.6 is 0 Å². The minimum atomic E-state index is -3.88. The van der Waals surface area contributed by atoms with Gasteiger partial charge in [0.25, 0.3) is 10.0 Å². The molecule has 1 aliphatic rings. The first kappa shape index (κ1) is 20.4. The lowest BCUT2D eigenvalue weighted by Crippen LogP contribution is -2.32. The Balaban J connectivity index is 1.68. The van der Waals surface area contributed by atoms with Crippen LogP contribution in [-0.4, -0.2) is 51.4 Å². The van der Waals surface area contributed by atoms with Crippen LogP contribution in [0.25, 0.3) is 0 Å². The molecule has 8 nitrogen and oxygen atoms in total. The van der Waals surface area contributed by atoms with Crippen molar-refractivity contribution in [3.63, 3.8) is 0 Å². The summed E-state index contributed by atoms with van der Waals surface area (Å²) in [5.74, 6) is -1.16. The fourth-order valence-corrected chi connectivity index (χ4v) is 4.98. The number of imidazole rings is 1. The molecule has 1 N–H and O–H groups in total. The van der Waals surface area contributed by atoms with Gasteiger partial charge in [-0.15, -0.1) is 0 Å². The maximum absolute atomic E-state index is 14.5. The summed E-state index contributed by atoms with van der Waals surface area (Å²) in [5, 5.41) is 3.05. The quantitative estimate of drug-likeness (QED) is 0.661. The molecule has 0 spiro atoms. The van der Waals surface area contributed by atoms with Gasteiger partial charge < -0.3 is 9.88 Å². The van der Waals surface area contributed by atoms with E-state index in [-0.39, 0.29) is 23.8 Å². The van der Waals surface area contributed by atoms with Crippen LogP contribution in [0.1, 0.15) is 17.2 Å². The Morgan fingerprint density at radius 3 is 2.63 bits per heavy atom. The van der Waals surface area contributed by atoms with Gasteiger partial charge in [0.2, 0.25) is 0 Å². The monoisotopic (exact) mass is 434 g/mol. The Hall–Kier alpha value is -2.92. The third-order valence-electron chi connectivity index (χ3n) is 5.09. The van der Waals surface area contributed by atoms with E-state index in [2.05, 4.69) is 20.3 Å². The van der Waals surface area contributed by atoms with Crippen LogP contribution in [0.15, 0.2) is 48.1 Å². The molecule has 158 valence electrons. The maximum Gasteiger partial charge on any atom is 0.262 e. The number of rotatable bonds is 5. The highest BCUT2D eigenvalue weighted by Crippen LogP contribution is 2.33. The first-order valence-corrected chi connectivity index (χ1v) is 10.7. The van der Waals surface area contributed by atoms with E-state index in [0.29, 0.717) is 11.4 Å². The lowest BCUT2D eigenvalue weighted by molar-refractivity contribution is 0.466. The van der Waals surface area contributed by atoms with Crippen LogP contribution in [0.5, 0.6) is 0 Å². The molecule has 30 heavy (non-hydrogen) atoms. The van der Waals surface area contributed by atoms with E-state index in [1.54, 1.807) is 18.5 Å². The summed E-state index contributed by atoms with van der Waals surface area (Å²) in [6.07, 6.45) is 5.37. The molecule has 0 aliphatic carbocycles. The Bertz CT molecular complexity index is 1180. The highest BCUT2D eigenvalue weighted by molar-refractivity contribution is 7.89. The van der Waals surface area contributed by atoms with Gasteiger partial charge in [0, 0.05) is 38.4 Å². The van der Waals surface area contributed by atoms with Crippen LogP contribution in [0.3, 0.4) is 0 Å². The predicted octanol–water partition coefficient (Wildman–Crippen LogP) is 2.07. The standard InChI is InChI=1S/C19H20F2N6O2S/c1-12-6-17(23-7-15(12)21)25-16-9-27(30(28,29)18-10-26(2)11-24-18)8-13(16)19-14(20)4-3-5-22-19/h3-7,10-11,13,16H,8-9H2,1-2H3,(H,23,25)/t13-,16-/m1/s1. The molecule has 0 radical (unpaired) electrons. The summed E-state index contributed by atoms with van der Waals surface area (Å²) in [5.41, 5.74) is 0.552. The van der Waals surface area contributed by atoms with Crippen LogP contribution < -0.4 is 5.32 Å². The zero-order chi connectivity index (χ0) is 21.5. The van der Waals surface area contributed by atoms with Gasteiger partial charge in [-0.2, -0.15) is 4.31 Å². The number of nitrogens with one attached hydrogen (secondary N) is 1. The molecule has 11 heteroatoms. The average molecular weight is 434 g/mol. The van der Waals surface area contributed by atoms with Crippen LogP contribution in [0.4, 0.5) is 14.6 Å². The molecule has 0 aromatic carbocycles. The number of pyridine rings is 2. The molecular weight excluding hydrogens is 414 g/mol. The topological polar surface area (TPSA) is 93.0 Å². The van der Waals surface area contributed by atoms with Crippen LogP contribution in [0, 0.1) is 18.6 Å². The first-order chi connectivity index (χ1) is 14.3. The zero-order valence-corrected chi connectivity index (χ0v) is 17.1. The van der Waals surface area contributed by atoms with Gasteiger partial charge >= 0.3 is 0 Å². The van der Waals surface area contributed by atoms with Crippen molar-refractivity contribution >= 4 is 15.8 Å². The van der Waals surface area contributed by atoms with Crippen LogP contribution in [0.2, 0.25) is 0 Å². The van der Waals surface area contributed by atoms with E-state index in [1.165, 1.54) is 41.2 Å². The second-order valence-electron chi connectivity index (χ2n) is 7.25. The van der Waals surface area contributed by atoms with Crippen LogP contribution in [-0.2, 0) is 17.1 Å². The lowest BCUT2D eigenvalue weighted by atomic mass is 9.98. The van der Waals surface area contributed by atoms with Gasteiger partial charge in [-0.1, -0.05) is 0 Å². The number of aryl methyl sites for hydroxylation is 2. The lowest BCUT2D eigenvalue weighted by Gasteiger charge is -2.20. The van der Waals surface area contributed by atoms with Gasteiger partial charge in [0.15, 0.2) is 5.03 Å². The number of hydrogen-bond acceptors (Lipinski definition) is 6. The molecule has 3 aromatic rings. The van der Waals surface area contributed by atoms with Crippen molar-refractivity contribution < 1.29 is 17.2 Å². The third kappa shape index (κ3) is 3.77. The zero-order valence-electron chi connectivity index (χ0n) is 16.3. The number of nitrogens with zero attached hydrogens (tertiary/aromatic N) is 5. The van der Waals surface area contributed by atoms with Crippen molar-refractivity contribution in [3.05, 3.63) is 66.0 Å². The molecule has 0 bridgehead atoms. The number of hydrogen-bond donors (Lipinski definition) is 1. The smallest absolute Gasteiger partial charge is 0.262 e. The van der Waals surface area contributed by atoms with Crippen molar-refractivity contribution in [2.24, 2.45) is 7.05 Å². The molecule has 1 aliphatic heterocycles. The van der Waals surface area contributed by atoms with Gasteiger partial charge in [0.05, 0.1) is 24.3 Å². The number of halogens is 2. The molecule has 0 amide bonds. The van der Waals surface area contributed by atoms with Crippen molar-refractivity contribution in [2.75, 3.05) is 18.4 Å². The second kappa shape index (κ2) is 7.73. The van der Waals surface area contributed by atoms with E-state index < -0.39 is 33.6 Å². The van der Waals surface area contributed by atoms with Gasteiger partial charge in [-0.25, -0.2) is 27.2 Å². The van der Waals surface area contributed by atoms with Crippen molar-refractivity contribution in [3.8, 4) is 0 Å². The Kier molecular flexibility index (Phi) is 5.24. The molecular formula is C19H20F2N6O2S. The molecule has 0 unspecified atom stereocenters. The SMILES string of the molecule is Cc1cc(N[C@@H]2CN(S(=O)(=O)c3cn(C)cn3)C[C@H]2c2ncccc2F)ncc1F. The fourth-order valence-electron chi connectivity index (χ4n) is 3.52. The average Bonchev–Trinajstić information content (AvgIpc) is 3.32. The number of sulfonamides is 1. The molecule has 4 heterocycles. The molecule has 1 fully saturated rings. The summed E-state index contributed by atoms with van der Waals surface area (Å²) in [6.45, 7) is 1.67. The van der Waals surface area contributed by atoms with Gasteiger partial charge in [0.1, 0.15) is 17.5 Å². The Morgan fingerprint density at radius 2 is 1.97 bits per heavy atom. The normalized spacial score (nSPS) is 19.9. The minimum absolute atomic E-state index is 0.0185. The summed E-state index contributed by atoms with van der Waals surface area (Å²) in [4.78, 5) is 12.1. The fraction of sp³-hybridized carbons (Fsp3) is 0.316. The van der Waals surface area contributed by atoms with Crippen molar-refractivity contribution in [1.82, 2.24) is 23.8 Å². The molecule has 0 saturated carbocycles. The second-order valence-corrected chi connectivity index (χ2v) is 9.13. The third-order valence-corrected chi connectivity index (χ3v) is 6.81. The highest BCUT2D eigenvalue weighted by Gasteiger charge is 2.42. The summed E-state index contributed by atoms with van der Waals surface area (Å²) >= 11 is 0. The summed E-state index contributed by atoms with van der Waals surface area (Å²) < 4.78 is 56.9. The predicted molar refractivity (Wildman–Crippen MR) is 105 cm³/mol. The first-order valence-electron chi connectivity index (χ1n) is 9.23. The van der Waals surface area contributed by atoms with Gasteiger partial charge in [-0.05, 0) is 30.7 Å². The molecule has 3 aromatic heterocycles. The van der Waals surface area contributed by atoms with Crippen molar-refractivity contribution in [2.45, 2.75) is 23.9 Å². The number of aromatic nitrogens is 4. The van der Waals surface area contributed by atoms with E-state index in [0.717, 1.165) is 6.20 Å². The Labute approximate surface area is 172 Å². The van der Waals surface area contributed by atoms with Crippen molar-refractivity contribution in [1.29, 1.82) is 0 Å². The van der Waals surface area contributed by atoms with E-state index in [1.807, 2.05) is 0 Å². The number of anilines is 1. The molecule has 1 saturated heterocycles. The van der Waals surface area contributed by atoms with E-state index in [4.69, 9.17) is 0 Å². The summed E-state index contributed by atoms with van der Waals surface area (Å²) in [7, 11) is -2.21. The highest BCUT2D eigenvalue weighted by atomic mass is 32.2. The molecule has 2 atom stereocenters. The maximum atomic E-state index is 14.5.